The van der Waals surface area contributed by atoms with Crippen LogP contribution in [0.25, 0.3) is 22.7 Å². The molecule has 0 bridgehead atoms. The lowest BCUT2D eigenvalue weighted by Crippen LogP contribution is -2.05. The summed E-state index contributed by atoms with van der Waals surface area (Å²) in [5.74, 6) is 2.04. The van der Waals surface area contributed by atoms with Gasteiger partial charge < -0.3 is 5.32 Å². The van der Waals surface area contributed by atoms with Crippen molar-refractivity contribution >= 4 is 38.5 Å². The van der Waals surface area contributed by atoms with Crippen molar-refractivity contribution in [3.05, 3.63) is 76.9 Å². The molecular weight excluding hydrogens is 444 g/mol. The minimum Gasteiger partial charge on any atom is -0.339 e. The van der Waals surface area contributed by atoms with Crippen molar-refractivity contribution in [3.63, 3.8) is 0 Å². The lowest BCUT2D eigenvalue weighted by molar-refractivity contribution is 0.802. The molecule has 0 saturated carbocycles. The zero-order valence-corrected chi connectivity index (χ0v) is 17.8. The average Bonchev–Trinajstić information content (AvgIpc) is 3.32. The number of nitrogens with one attached hydrogen (secondary N) is 1. The number of halogens is 1. The number of rotatable bonds is 4. The van der Waals surface area contributed by atoms with E-state index in [0.29, 0.717) is 11.6 Å². The maximum atomic E-state index is 4.72. The van der Waals surface area contributed by atoms with Crippen molar-refractivity contribution in [1.29, 1.82) is 0 Å². The molecule has 0 spiro atoms. The summed E-state index contributed by atoms with van der Waals surface area (Å²) in [5.41, 5.74) is 4.51. The minimum atomic E-state index is 0.619. The summed E-state index contributed by atoms with van der Waals surface area (Å²) in [5, 5.41) is 15.9. The first-order valence-electron chi connectivity index (χ1n) is 9.23. The van der Waals surface area contributed by atoms with Gasteiger partial charge in [-0.15, -0.1) is 5.10 Å². The Hall–Kier alpha value is -3.59. The monoisotopic (exact) mass is 459 g/mol. The number of nitrogens with zero attached hydrogens (tertiary/aromatic N) is 7. The van der Waals surface area contributed by atoms with E-state index in [9.17, 15) is 0 Å². The number of anilines is 2. The predicted octanol–water partition coefficient (Wildman–Crippen LogP) is 4.32. The lowest BCUT2D eigenvalue weighted by atomic mass is 10.2. The number of hydrogen-bond donors (Lipinski definition) is 1. The molecular formula is C21H16BrN8. The van der Waals surface area contributed by atoms with Crippen LogP contribution in [0.2, 0.25) is 0 Å². The molecule has 0 amide bonds. The zero-order chi connectivity index (χ0) is 20.7. The van der Waals surface area contributed by atoms with Crippen LogP contribution in [-0.4, -0.2) is 34.5 Å². The number of hydrogen-bond acceptors (Lipinski definition) is 6. The zero-order valence-electron chi connectivity index (χ0n) is 16.2. The molecule has 0 unspecified atom stereocenters. The summed E-state index contributed by atoms with van der Waals surface area (Å²) in [6.45, 7) is 3.88. The third-order valence-electron chi connectivity index (χ3n) is 4.59. The van der Waals surface area contributed by atoms with Gasteiger partial charge in [0.1, 0.15) is 16.7 Å². The van der Waals surface area contributed by atoms with E-state index in [1.54, 1.807) is 11.0 Å². The van der Waals surface area contributed by atoms with Crippen LogP contribution in [0.1, 0.15) is 11.4 Å². The number of pyridine rings is 1. The van der Waals surface area contributed by atoms with E-state index in [1.807, 2.05) is 66.9 Å². The van der Waals surface area contributed by atoms with E-state index in [1.165, 1.54) is 0 Å². The molecule has 1 aromatic carbocycles. The molecule has 0 fully saturated rings. The predicted molar refractivity (Wildman–Crippen MR) is 117 cm³/mol. The van der Waals surface area contributed by atoms with Crippen LogP contribution in [-0.2, 0) is 0 Å². The van der Waals surface area contributed by atoms with Crippen molar-refractivity contribution in [2.75, 3.05) is 5.32 Å². The summed E-state index contributed by atoms with van der Waals surface area (Å²) >= 11 is 3.40. The van der Waals surface area contributed by atoms with E-state index in [0.717, 1.165) is 38.5 Å². The second-order valence-corrected chi connectivity index (χ2v) is 7.61. The SMILES string of the molecule is Cc1ccc(Nc2ccc3c(c2)ncn3-c2cc[c]c(-n3nc(Br)cc3C)n2)nn1. The topological polar surface area (TPSA) is 86.3 Å². The third-order valence-corrected chi connectivity index (χ3v) is 4.98. The van der Waals surface area contributed by atoms with E-state index in [4.69, 9.17) is 4.98 Å². The number of aromatic nitrogens is 7. The molecule has 4 aromatic heterocycles. The standard InChI is InChI=1S/C21H16BrN8/c1-13-6-9-19(27-26-13)24-15-7-8-17-16(11-15)23-12-29(17)20-4-3-5-21(25-20)30-14(2)10-18(22)28-30/h3-4,6-12H,1-2H3,(H,24,27). The van der Waals surface area contributed by atoms with E-state index < -0.39 is 0 Å². The van der Waals surface area contributed by atoms with Gasteiger partial charge in [-0.1, -0.05) is 0 Å². The lowest BCUT2D eigenvalue weighted by Gasteiger charge is -2.08. The third kappa shape index (κ3) is 3.43. The van der Waals surface area contributed by atoms with E-state index in [2.05, 4.69) is 47.6 Å². The normalized spacial score (nSPS) is 11.2. The smallest absolute Gasteiger partial charge is 0.164 e. The summed E-state index contributed by atoms with van der Waals surface area (Å²) in [6.07, 6.45) is 1.76. The van der Waals surface area contributed by atoms with Crippen molar-refractivity contribution < 1.29 is 0 Å². The Morgan fingerprint density at radius 1 is 1.03 bits per heavy atom. The van der Waals surface area contributed by atoms with Gasteiger partial charge >= 0.3 is 0 Å². The van der Waals surface area contributed by atoms with Crippen LogP contribution in [0.3, 0.4) is 0 Å². The molecule has 0 saturated heterocycles. The van der Waals surface area contributed by atoms with Crippen LogP contribution < -0.4 is 5.32 Å². The van der Waals surface area contributed by atoms with Gasteiger partial charge in [-0.2, -0.15) is 10.2 Å². The first-order chi connectivity index (χ1) is 14.6. The van der Waals surface area contributed by atoms with Crippen LogP contribution in [0.5, 0.6) is 0 Å². The Labute approximate surface area is 180 Å². The fourth-order valence-electron chi connectivity index (χ4n) is 3.15. The Balaban J connectivity index is 1.49. The molecule has 0 atom stereocenters. The van der Waals surface area contributed by atoms with Gasteiger partial charge in [0.05, 0.1) is 16.7 Å². The summed E-state index contributed by atoms with van der Waals surface area (Å²) < 4.78 is 4.44. The fourth-order valence-corrected chi connectivity index (χ4v) is 3.64. The van der Waals surface area contributed by atoms with Crippen LogP contribution in [0.15, 0.2) is 59.5 Å². The van der Waals surface area contributed by atoms with Crippen LogP contribution >= 0.6 is 15.9 Å². The Kier molecular flexibility index (Phi) is 4.51. The maximum Gasteiger partial charge on any atom is 0.164 e. The van der Waals surface area contributed by atoms with Gasteiger partial charge in [0.25, 0.3) is 0 Å². The number of aryl methyl sites for hydroxylation is 2. The molecule has 0 aliphatic rings. The average molecular weight is 460 g/mol. The molecule has 0 aliphatic heterocycles. The summed E-state index contributed by atoms with van der Waals surface area (Å²) in [7, 11) is 0. The summed E-state index contributed by atoms with van der Waals surface area (Å²) in [6, 6.07) is 18.6. The van der Waals surface area contributed by atoms with Crippen LogP contribution in [0.4, 0.5) is 11.5 Å². The molecule has 1 radical (unpaired) electrons. The van der Waals surface area contributed by atoms with Crippen LogP contribution in [0, 0.1) is 19.9 Å². The highest BCUT2D eigenvalue weighted by Gasteiger charge is 2.11. The Morgan fingerprint density at radius 2 is 1.93 bits per heavy atom. The van der Waals surface area contributed by atoms with E-state index >= 15 is 0 Å². The second-order valence-electron chi connectivity index (χ2n) is 6.79. The maximum absolute atomic E-state index is 4.72. The highest BCUT2D eigenvalue weighted by atomic mass is 79.9. The Morgan fingerprint density at radius 3 is 2.70 bits per heavy atom. The number of benzene rings is 1. The fraction of sp³-hybridized carbons (Fsp3) is 0.0952. The number of fused-ring (bicyclic) bond motifs is 1. The van der Waals surface area contributed by atoms with Gasteiger partial charge in [0.2, 0.25) is 0 Å². The highest BCUT2D eigenvalue weighted by molar-refractivity contribution is 9.10. The van der Waals surface area contributed by atoms with Gasteiger partial charge in [0.15, 0.2) is 11.6 Å². The van der Waals surface area contributed by atoms with E-state index in [-0.39, 0.29) is 0 Å². The molecule has 4 heterocycles. The van der Waals surface area contributed by atoms with Gasteiger partial charge in [0, 0.05) is 17.4 Å². The van der Waals surface area contributed by atoms with Gasteiger partial charge in [-0.05, 0) is 78.3 Å². The largest absolute Gasteiger partial charge is 0.339 e. The molecule has 147 valence electrons. The molecule has 0 aliphatic carbocycles. The molecule has 1 N–H and O–H groups in total. The quantitative estimate of drug-likeness (QED) is 0.430. The highest BCUT2D eigenvalue weighted by Crippen LogP contribution is 2.23. The Bertz CT molecular complexity index is 1350. The number of imidazole rings is 1. The molecule has 5 rings (SSSR count). The molecule has 5 aromatic rings. The second kappa shape index (κ2) is 7.34. The van der Waals surface area contributed by atoms with Gasteiger partial charge in [-0.3, -0.25) is 4.57 Å². The van der Waals surface area contributed by atoms with Crippen molar-refractivity contribution in [2.24, 2.45) is 0 Å². The minimum absolute atomic E-state index is 0.619. The molecule has 30 heavy (non-hydrogen) atoms. The van der Waals surface area contributed by atoms with Crippen molar-refractivity contribution in [1.82, 2.24) is 34.5 Å². The molecule has 8 nitrogen and oxygen atoms in total. The first-order valence-corrected chi connectivity index (χ1v) is 10.0. The van der Waals surface area contributed by atoms with Crippen molar-refractivity contribution in [2.45, 2.75) is 13.8 Å². The van der Waals surface area contributed by atoms with Crippen molar-refractivity contribution in [3.8, 4) is 11.6 Å². The summed E-state index contributed by atoms with van der Waals surface area (Å²) in [4.78, 5) is 9.26. The molecule has 9 heteroatoms. The first kappa shape index (κ1) is 18.4. The van der Waals surface area contributed by atoms with Gasteiger partial charge in [-0.25, -0.2) is 14.6 Å².